The van der Waals surface area contributed by atoms with Gasteiger partial charge in [0.15, 0.2) is 0 Å². The second-order valence-electron chi connectivity index (χ2n) is 5.98. The zero-order valence-electron chi connectivity index (χ0n) is 14.2. The minimum absolute atomic E-state index is 0.0820. The van der Waals surface area contributed by atoms with E-state index in [9.17, 15) is 9.59 Å². The summed E-state index contributed by atoms with van der Waals surface area (Å²) in [6.45, 7) is 5.88. The molecule has 0 radical (unpaired) electrons. The van der Waals surface area contributed by atoms with Crippen LogP contribution in [0.3, 0.4) is 0 Å². The minimum Gasteiger partial charge on any atom is -0.478 e. The molecule has 0 spiro atoms. The van der Waals surface area contributed by atoms with Gasteiger partial charge in [0.2, 0.25) is 5.91 Å². The average Bonchev–Trinajstić information content (AvgIpc) is 2.95. The van der Waals surface area contributed by atoms with Gasteiger partial charge in [-0.2, -0.15) is 0 Å². The number of carboxylic acid groups (broad SMARTS) is 1. The van der Waals surface area contributed by atoms with Gasteiger partial charge in [-0.05, 0) is 24.5 Å². The predicted molar refractivity (Wildman–Crippen MR) is 90.9 cm³/mol. The highest BCUT2D eigenvalue weighted by molar-refractivity contribution is 5.89. The molecule has 5 nitrogen and oxygen atoms in total. The van der Waals surface area contributed by atoms with E-state index in [0.717, 1.165) is 12.0 Å². The third kappa shape index (κ3) is 4.04. The maximum Gasteiger partial charge on any atom is 0.339 e. The van der Waals surface area contributed by atoms with Gasteiger partial charge in [-0.1, -0.05) is 50.6 Å². The zero-order chi connectivity index (χ0) is 17.7. The van der Waals surface area contributed by atoms with Crippen molar-refractivity contribution in [2.75, 3.05) is 0 Å². The van der Waals surface area contributed by atoms with Gasteiger partial charge in [-0.15, -0.1) is 0 Å². The van der Waals surface area contributed by atoms with Crippen molar-refractivity contribution in [3.63, 3.8) is 0 Å². The predicted octanol–water partition coefficient (Wildman–Crippen LogP) is 3.73. The number of hydrogen-bond donors (Lipinski definition) is 2. The van der Waals surface area contributed by atoms with E-state index in [0.29, 0.717) is 11.5 Å². The van der Waals surface area contributed by atoms with Gasteiger partial charge in [-0.3, -0.25) is 4.79 Å². The van der Waals surface area contributed by atoms with Crippen LogP contribution in [0.1, 0.15) is 53.6 Å². The number of hydrogen-bond acceptors (Lipinski definition) is 3. The fourth-order valence-corrected chi connectivity index (χ4v) is 2.76. The molecule has 5 heteroatoms. The molecule has 0 fully saturated rings. The highest BCUT2D eigenvalue weighted by Gasteiger charge is 2.26. The van der Waals surface area contributed by atoms with Crippen LogP contribution in [-0.2, 0) is 11.3 Å². The van der Waals surface area contributed by atoms with Crippen LogP contribution in [0.4, 0.5) is 0 Å². The molecule has 2 rings (SSSR count). The van der Waals surface area contributed by atoms with E-state index in [1.807, 2.05) is 30.3 Å². The van der Waals surface area contributed by atoms with Crippen LogP contribution in [0, 0.1) is 12.8 Å². The third-order valence-electron chi connectivity index (χ3n) is 4.29. The molecule has 0 aliphatic rings. The minimum atomic E-state index is -1.03. The quantitative estimate of drug-likeness (QED) is 0.811. The number of aromatic carboxylic acids is 1. The van der Waals surface area contributed by atoms with Crippen LogP contribution >= 0.6 is 0 Å². The summed E-state index contributed by atoms with van der Waals surface area (Å²) in [6, 6.07) is 11.1. The van der Waals surface area contributed by atoms with E-state index in [4.69, 9.17) is 9.52 Å². The van der Waals surface area contributed by atoms with Gasteiger partial charge < -0.3 is 14.8 Å². The molecule has 0 saturated carbocycles. The molecule has 0 aliphatic heterocycles. The summed E-state index contributed by atoms with van der Waals surface area (Å²) in [5.41, 5.74) is 1.10. The number of amides is 1. The van der Waals surface area contributed by atoms with Crippen molar-refractivity contribution in [1.29, 1.82) is 0 Å². The first kappa shape index (κ1) is 17.8. The Morgan fingerprint density at radius 2 is 1.92 bits per heavy atom. The molecular formula is C19H23NO4. The van der Waals surface area contributed by atoms with E-state index >= 15 is 0 Å². The van der Waals surface area contributed by atoms with Crippen LogP contribution in [-0.4, -0.2) is 17.0 Å². The molecule has 0 aliphatic carbocycles. The normalized spacial score (nSPS) is 13.3. The lowest BCUT2D eigenvalue weighted by molar-refractivity contribution is -0.123. The summed E-state index contributed by atoms with van der Waals surface area (Å²) in [5, 5.41) is 11.9. The fourth-order valence-electron chi connectivity index (χ4n) is 2.76. The highest BCUT2D eigenvalue weighted by Crippen LogP contribution is 2.27. The van der Waals surface area contributed by atoms with Gasteiger partial charge in [0.25, 0.3) is 0 Å². The topological polar surface area (TPSA) is 79.5 Å². The first-order valence-electron chi connectivity index (χ1n) is 8.09. The van der Waals surface area contributed by atoms with E-state index in [2.05, 4.69) is 19.2 Å². The van der Waals surface area contributed by atoms with Crippen molar-refractivity contribution in [3.05, 3.63) is 59.0 Å². The van der Waals surface area contributed by atoms with Crippen LogP contribution < -0.4 is 5.32 Å². The smallest absolute Gasteiger partial charge is 0.339 e. The summed E-state index contributed by atoms with van der Waals surface area (Å²) in [4.78, 5) is 23.7. The van der Waals surface area contributed by atoms with Gasteiger partial charge in [-0.25, -0.2) is 4.79 Å². The number of carbonyl (C=O) groups excluding carboxylic acids is 1. The summed E-state index contributed by atoms with van der Waals surface area (Å²) in [6.07, 6.45) is 0.885. The Kier molecular flexibility index (Phi) is 5.79. The Morgan fingerprint density at radius 3 is 2.46 bits per heavy atom. The van der Waals surface area contributed by atoms with Gasteiger partial charge in [0.05, 0.1) is 12.5 Å². The standard InChI is InChI=1S/C19H23NO4/c1-4-12(2)17(14-8-6-5-7-9-14)18(21)20-11-15-10-16(19(22)23)13(3)24-15/h5-10,12,17H,4,11H2,1-3H3,(H,20,21)(H,22,23)/t12-,17+/m0/s1. The molecule has 0 unspecified atom stereocenters. The van der Waals surface area contributed by atoms with Crippen LogP contribution in [0.25, 0.3) is 0 Å². The van der Waals surface area contributed by atoms with Crippen molar-refractivity contribution in [3.8, 4) is 0 Å². The van der Waals surface area contributed by atoms with Gasteiger partial charge in [0, 0.05) is 0 Å². The molecular weight excluding hydrogens is 306 g/mol. The molecule has 2 N–H and O–H groups in total. The van der Waals surface area contributed by atoms with Crippen molar-refractivity contribution in [2.24, 2.45) is 5.92 Å². The van der Waals surface area contributed by atoms with Crippen molar-refractivity contribution in [1.82, 2.24) is 5.32 Å². The van der Waals surface area contributed by atoms with E-state index < -0.39 is 5.97 Å². The summed E-state index contributed by atoms with van der Waals surface area (Å²) in [5.74, 6) is -0.383. The number of furan rings is 1. The van der Waals surface area contributed by atoms with Crippen LogP contribution in [0.2, 0.25) is 0 Å². The molecule has 1 amide bonds. The number of benzene rings is 1. The largest absolute Gasteiger partial charge is 0.478 e. The van der Waals surface area contributed by atoms with Gasteiger partial charge >= 0.3 is 5.97 Å². The second kappa shape index (κ2) is 7.81. The molecule has 0 bridgehead atoms. The monoisotopic (exact) mass is 329 g/mol. The van der Waals surface area contributed by atoms with Crippen molar-refractivity contribution in [2.45, 2.75) is 39.7 Å². The SMILES string of the molecule is CC[C@H](C)[C@@H](C(=O)NCc1cc(C(=O)O)c(C)o1)c1ccccc1. The Hall–Kier alpha value is -2.56. The Balaban J connectivity index is 2.11. The number of aryl methyl sites for hydroxylation is 1. The molecule has 128 valence electrons. The summed E-state index contributed by atoms with van der Waals surface area (Å²) < 4.78 is 5.40. The first-order valence-corrected chi connectivity index (χ1v) is 8.09. The maximum absolute atomic E-state index is 12.7. The highest BCUT2D eigenvalue weighted by atomic mass is 16.4. The lowest BCUT2D eigenvalue weighted by atomic mass is 9.85. The Bertz CT molecular complexity index is 705. The fraction of sp³-hybridized carbons (Fsp3) is 0.368. The molecule has 1 heterocycles. The number of carboxylic acids is 1. The number of rotatable bonds is 7. The Labute approximate surface area is 141 Å². The molecule has 1 aromatic carbocycles. The Morgan fingerprint density at radius 1 is 1.25 bits per heavy atom. The van der Waals surface area contributed by atoms with Crippen molar-refractivity contribution >= 4 is 11.9 Å². The first-order chi connectivity index (χ1) is 11.4. The van der Waals surface area contributed by atoms with E-state index in [1.165, 1.54) is 6.07 Å². The summed E-state index contributed by atoms with van der Waals surface area (Å²) in [7, 11) is 0. The third-order valence-corrected chi connectivity index (χ3v) is 4.29. The zero-order valence-corrected chi connectivity index (χ0v) is 14.2. The van der Waals surface area contributed by atoms with E-state index in [1.54, 1.807) is 6.92 Å². The van der Waals surface area contributed by atoms with Crippen molar-refractivity contribution < 1.29 is 19.1 Å². The molecule has 0 saturated heterocycles. The van der Waals surface area contributed by atoms with Gasteiger partial charge in [0.1, 0.15) is 17.1 Å². The molecule has 1 aromatic heterocycles. The second-order valence-corrected chi connectivity index (χ2v) is 5.98. The molecule has 2 aromatic rings. The van der Waals surface area contributed by atoms with Crippen LogP contribution in [0.5, 0.6) is 0 Å². The molecule has 24 heavy (non-hydrogen) atoms. The lowest BCUT2D eigenvalue weighted by Gasteiger charge is -2.22. The molecule has 2 atom stereocenters. The average molecular weight is 329 g/mol. The number of carbonyl (C=O) groups is 2. The lowest BCUT2D eigenvalue weighted by Crippen LogP contribution is -2.32. The summed E-state index contributed by atoms with van der Waals surface area (Å²) >= 11 is 0. The number of nitrogens with one attached hydrogen (secondary N) is 1. The van der Waals surface area contributed by atoms with E-state index in [-0.39, 0.29) is 29.9 Å². The maximum atomic E-state index is 12.7. The van der Waals surface area contributed by atoms with Crippen LogP contribution in [0.15, 0.2) is 40.8 Å².